The molecular weight excluding hydrogens is 364 g/mol. The molecule has 4 rings (SSSR count). The molecule has 0 saturated carbocycles. The van der Waals surface area contributed by atoms with Gasteiger partial charge in [-0.3, -0.25) is 0 Å². The quantitative estimate of drug-likeness (QED) is 0.337. The van der Waals surface area contributed by atoms with E-state index in [1.165, 1.54) is 0 Å². The molecule has 0 N–H and O–H groups in total. The molecule has 0 fully saturated rings. The molecule has 2 aromatic heterocycles. The number of nitrogens with zero attached hydrogens (tertiary/aromatic N) is 2. The molecule has 29 heavy (non-hydrogen) atoms. The van der Waals surface area contributed by atoms with E-state index in [4.69, 9.17) is 18.8 Å². The number of unbranched alkanes of at least 4 members (excludes halogenated alkanes) is 2. The summed E-state index contributed by atoms with van der Waals surface area (Å²) in [6.45, 7) is 2.22. The molecule has 2 heterocycles. The molecule has 5 heteroatoms. The summed E-state index contributed by atoms with van der Waals surface area (Å²) in [4.78, 5) is 4.57. The zero-order valence-corrected chi connectivity index (χ0v) is 16.4. The summed E-state index contributed by atoms with van der Waals surface area (Å²) in [6, 6.07) is 19.9. The Bertz CT molecular complexity index is 1140. The number of nitriles is 1. The van der Waals surface area contributed by atoms with Crippen LogP contribution in [0.3, 0.4) is 0 Å². The lowest BCUT2D eigenvalue weighted by molar-refractivity contribution is 0.299. The maximum Gasteiger partial charge on any atom is 0.226 e. The standard InChI is InChI=1S/C24H22N2O3/c1-17-22(26-24(28-17)18-8-4-2-5-9-18)16-27-20-12-11-19-14-21(29-23(19)15-20)10-6-3-7-13-25/h2,4-5,8-9,11-12,14-15H,3,6-7,10,16H2,1H3. The van der Waals surface area contributed by atoms with Crippen LogP contribution in [0.4, 0.5) is 0 Å². The first kappa shape index (κ1) is 18.8. The molecule has 0 saturated heterocycles. The average molecular weight is 386 g/mol. The van der Waals surface area contributed by atoms with Crippen molar-refractivity contribution >= 4 is 11.0 Å². The molecule has 0 amide bonds. The summed E-state index contributed by atoms with van der Waals surface area (Å²) in [5.74, 6) is 3.02. The van der Waals surface area contributed by atoms with E-state index in [-0.39, 0.29) is 0 Å². The Labute approximate surface area is 169 Å². The van der Waals surface area contributed by atoms with Gasteiger partial charge in [-0.15, -0.1) is 0 Å². The van der Waals surface area contributed by atoms with E-state index in [2.05, 4.69) is 17.1 Å². The number of fused-ring (bicyclic) bond motifs is 1. The molecule has 0 spiro atoms. The van der Waals surface area contributed by atoms with E-state index in [1.54, 1.807) is 0 Å². The van der Waals surface area contributed by atoms with Gasteiger partial charge in [-0.25, -0.2) is 4.98 Å². The van der Waals surface area contributed by atoms with Crippen LogP contribution in [-0.4, -0.2) is 4.98 Å². The summed E-state index contributed by atoms with van der Waals surface area (Å²) in [5, 5.41) is 9.67. The van der Waals surface area contributed by atoms with Crippen LogP contribution >= 0.6 is 0 Å². The van der Waals surface area contributed by atoms with Gasteiger partial charge in [0.25, 0.3) is 0 Å². The number of aryl methyl sites for hydroxylation is 2. The highest BCUT2D eigenvalue weighted by Gasteiger charge is 2.12. The highest BCUT2D eigenvalue weighted by atomic mass is 16.5. The van der Waals surface area contributed by atoms with Crippen LogP contribution in [0.5, 0.6) is 5.75 Å². The molecule has 0 aliphatic carbocycles. The molecule has 0 aliphatic heterocycles. The maximum atomic E-state index is 8.62. The Hall–Kier alpha value is -3.52. The fraction of sp³-hybridized carbons (Fsp3) is 0.250. The number of benzene rings is 2. The molecule has 0 radical (unpaired) electrons. The molecule has 0 atom stereocenters. The number of oxazole rings is 1. The minimum Gasteiger partial charge on any atom is -0.487 e. The van der Waals surface area contributed by atoms with Crippen molar-refractivity contribution in [1.82, 2.24) is 4.98 Å². The van der Waals surface area contributed by atoms with Crippen molar-refractivity contribution in [2.24, 2.45) is 0 Å². The predicted molar refractivity (Wildman–Crippen MR) is 110 cm³/mol. The molecule has 5 nitrogen and oxygen atoms in total. The van der Waals surface area contributed by atoms with Crippen LogP contribution in [0, 0.1) is 18.3 Å². The SMILES string of the molecule is Cc1oc(-c2ccccc2)nc1COc1ccc2cc(CCCCC#N)oc2c1. The van der Waals surface area contributed by atoms with Crippen molar-refractivity contribution in [3.05, 3.63) is 71.8 Å². The Morgan fingerprint density at radius 3 is 2.72 bits per heavy atom. The van der Waals surface area contributed by atoms with E-state index < -0.39 is 0 Å². The zero-order valence-electron chi connectivity index (χ0n) is 16.4. The fourth-order valence-electron chi connectivity index (χ4n) is 3.20. The largest absolute Gasteiger partial charge is 0.487 e. The van der Waals surface area contributed by atoms with Gasteiger partial charge in [-0.1, -0.05) is 18.2 Å². The third-order valence-corrected chi connectivity index (χ3v) is 4.79. The van der Waals surface area contributed by atoms with E-state index in [0.717, 1.165) is 58.8 Å². The van der Waals surface area contributed by atoms with Gasteiger partial charge in [0.1, 0.15) is 35.2 Å². The highest BCUT2D eigenvalue weighted by molar-refractivity contribution is 5.79. The second-order valence-electron chi connectivity index (χ2n) is 6.95. The molecule has 0 aliphatic rings. The summed E-state index contributed by atoms with van der Waals surface area (Å²) in [6.07, 6.45) is 3.27. The summed E-state index contributed by atoms with van der Waals surface area (Å²) in [7, 11) is 0. The highest BCUT2D eigenvalue weighted by Crippen LogP contribution is 2.27. The van der Waals surface area contributed by atoms with Crippen LogP contribution in [0.15, 0.2) is 63.4 Å². The van der Waals surface area contributed by atoms with Crippen LogP contribution in [-0.2, 0) is 13.0 Å². The monoisotopic (exact) mass is 386 g/mol. The molecule has 146 valence electrons. The van der Waals surface area contributed by atoms with Crippen molar-refractivity contribution in [3.8, 4) is 23.3 Å². The number of furan rings is 1. The number of hydrogen-bond acceptors (Lipinski definition) is 5. The van der Waals surface area contributed by atoms with Gasteiger partial charge in [0.2, 0.25) is 5.89 Å². The molecule has 4 aromatic rings. The van der Waals surface area contributed by atoms with Crippen molar-refractivity contribution in [3.63, 3.8) is 0 Å². The van der Waals surface area contributed by atoms with Crippen molar-refractivity contribution in [2.75, 3.05) is 0 Å². The topological polar surface area (TPSA) is 72.2 Å². The first-order chi connectivity index (χ1) is 14.2. The molecule has 0 bridgehead atoms. The Morgan fingerprint density at radius 1 is 1.03 bits per heavy atom. The van der Waals surface area contributed by atoms with Gasteiger partial charge in [0.15, 0.2) is 0 Å². The third-order valence-electron chi connectivity index (χ3n) is 4.79. The van der Waals surface area contributed by atoms with Crippen LogP contribution < -0.4 is 4.74 Å². The smallest absolute Gasteiger partial charge is 0.226 e. The number of aromatic nitrogens is 1. The van der Waals surface area contributed by atoms with Crippen molar-refractivity contribution in [2.45, 2.75) is 39.2 Å². The van der Waals surface area contributed by atoms with Crippen molar-refractivity contribution in [1.29, 1.82) is 5.26 Å². The molecular formula is C24H22N2O3. The normalized spacial score (nSPS) is 10.9. The molecule has 2 aromatic carbocycles. The lowest BCUT2D eigenvalue weighted by Crippen LogP contribution is -1.97. The summed E-state index contributed by atoms with van der Waals surface area (Å²) in [5.41, 5.74) is 2.53. The minimum atomic E-state index is 0.329. The second kappa shape index (κ2) is 8.66. The summed E-state index contributed by atoms with van der Waals surface area (Å²) >= 11 is 0. The number of hydrogen-bond donors (Lipinski definition) is 0. The van der Waals surface area contributed by atoms with Crippen LogP contribution in [0.25, 0.3) is 22.4 Å². The Morgan fingerprint density at radius 2 is 1.90 bits per heavy atom. The van der Waals surface area contributed by atoms with Gasteiger partial charge < -0.3 is 13.6 Å². The lowest BCUT2D eigenvalue weighted by Gasteiger charge is -2.04. The Kier molecular flexibility index (Phi) is 5.62. The summed E-state index contributed by atoms with van der Waals surface area (Å²) < 4.78 is 17.7. The third kappa shape index (κ3) is 4.49. The number of rotatable bonds is 8. The van der Waals surface area contributed by atoms with Crippen LogP contribution in [0.2, 0.25) is 0 Å². The number of ether oxygens (including phenoxy) is 1. The predicted octanol–water partition coefficient (Wildman–Crippen LogP) is 6.21. The van der Waals surface area contributed by atoms with Gasteiger partial charge in [-0.2, -0.15) is 5.26 Å². The Balaban J connectivity index is 1.42. The maximum absolute atomic E-state index is 8.62. The second-order valence-corrected chi connectivity index (χ2v) is 6.95. The van der Waals surface area contributed by atoms with Crippen molar-refractivity contribution < 1.29 is 13.6 Å². The van der Waals surface area contributed by atoms with Gasteiger partial charge in [0, 0.05) is 29.9 Å². The van der Waals surface area contributed by atoms with Gasteiger partial charge >= 0.3 is 0 Å². The van der Waals surface area contributed by atoms with Gasteiger partial charge in [-0.05, 0) is 50.1 Å². The van der Waals surface area contributed by atoms with E-state index >= 15 is 0 Å². The fourth-order valence-corrected chi connectivity index (χ4v) is 3.20. The minimum absolute atomic E-state index is 0.329. The van der Waals surface area contributed by atoms with E-state index in [0.29, 0.717) is 18.9 Å². The average Bonchev–Trinajstić information content (AvgIpc) is 3.32. The first-order valence-electron chi connectivity index (χ1n) is 9.77. The zero-order chi connectivity index (χ0) is 20.1. The first-order valence-corrected chi connectivity index (χ1v) is 9.77. The molecule has 0 unspecified atom stereocenters. The van der Waals surface area contributed by atoms with E-state index in [9.17, 15) is 0 Å². The van der Waals surface area contributed by atoms with E-state index in [1.807, 2.05) is 55.5 Å². The van der Waals surface area contributed by atoms with Crippen LogP contribution in [0.1, 0.15) is 36.5 Å². The lowest BCUT2D eigenvalue weighted by atomic mass is 10.1. The van der Waals surface area contributed by atoms with Gasteiger partial charge in [0.05, 0.1) is 6.07 Å².